The Morgan fingerprint density at radius 3 is 2.50 bits per heavy atom. The first-order valence-electron chi connectivity index (χ1n) is 7.69. The van der Waals surface area contributed by atoms with Crippen molar-refractivity contribution in [3.8, 4) is 5.75 Å². The molecular formula is C19H22N2O3. The minimum absolute atomic E-state index is 0.240. The fourth-order valence-electron chi connectivity index (χ4n) is 2.44. The van der Waals surface area contributed by atoms with Gasteiger partial charge < -0.3 is 15.2 Å². The van der Waals surface area contributed by atoms with Gasteiger partial charge in [-0.2, -0.15) is 0 Å². The van der Waals surface area contributed by atoms with Crippen molar-refractivity contribution in [2.75, 3.05) is 14.2 Å². The molecule has 0 bridgehead atoms. The zero-order valence-corrected chi connectivity index (χ0v) is 14.2. The first kappa shape index (κ1) is 17.5. The quantitative estimate of drug-likeness (QED) is 0.499. The predicted molar refractivity (Wildman–Crippen MR) is 95.1 cm³/mol. The largest absolute Gasteiger partial charge is 0.494 e. The SMILES string of the molecule is COC(=O)c1ccc(OC)c(N=C(N)CC(C)c2ccccc2)c1. The lowest BCUT2D eigenvalue weighted by Crippen LogP contribution is -2.14. The molecule has 2 N–H and O–H groups in total. The highest BCUT2D eigenvalue weighted by molar-refractivity contribution is 5.92. The highest BCUT2D eigenvalue weighted by Gasteiger charge is 2.12. The standard InChI is InChI=1S/C19H22N2O3/c1-13(14-7-5-4-6-8-14)11-18(20)21-16-12-15(19(22)24-3)9-10-17(16)23-2/h4-10,12-13H,11H2,1-3H3,(H2,20,21). The van der Waals surface area contributed by atoms with Gasteiger partial charge in [-0.1, -0.05) is 37.3 Å². The van der Waals surface area contributed by atoms with Crippen LogP contribution in [0.1, 0.15) is 35.2 Å². The van der Waals surface area contributed by atoms with Crippen LogP contribution in [0.5, 0.6) is 5.75 Å². The third kappa shape index (κ3) is 4.35. The van der Waals surface area contributed by atoms with Crippen molar-refractivity contribution in [3.63, 3.8) is 0 Å². The van der Waals surface area contributed by atoms with Crippen LogP contribution in [0.4, 0.5) is 5.69 Å². The second-order valence-corrected chi connectivity index (χ2v) is 5.50. The summed E-state index contributed by atoms with van der Waals surface area (Å²) in [6.07, 6.45) is 0.607. The molecule has 126 valence electrons. The number of esters is 1. The number of rotatable bonds is 6. The van der Waals surface area contributed by atoms with Gasteiger partial charge >= 0.3 is 5.97 Å². The topological polar surface area (TPSA) is 73.9 Å². The lowest BCUT2D eigenvalue weighted by molar-refractivity contribution is 0.0600. The molecule has 0 radical (unpaired) electrons. The molecule has 5 heteroatoms. The van der Waals surface area contributed by atoms with Gasteiger partial charge in [-0.3, -0.25) is 0 Å². The number of nitrogens with zero attached hydrogens (tertiary/aromatic N) is 1. The molecule has 0 heterocycles. The molecule has 5 nitrogen and oxygen atoms in total. The van der Waals surface area contributed by atoms with E-state index in [0.29, 0.717) is 29.3 Å². The van der Waals surface area contributed by atoms with Crippen LogP contribution in [0, 0.1) is 0 Å². The Labute approximate surface area is 142 Å². The highest BCUT2D eigenvalue weighted by Crippen LogP contribution is 2.29. The number of hydrogen-bond acceptors (Lipinski definition) is 4. The normalized spacial score (nSPS) is 12.5. The van der Waals surface area contributed by atoms with Crippen molar-refractivity contribution < 1.29 is 14.3 Å². The Hall–Kier alpha value is -2.82. The van der Waals surface area contributed by atoms with E-state index in [1.165, 1.54) is 12.7 Å². The molecule has 0 aliphatic heterocycles. The molecule has 1 atom stereocenters. The molecule has 0 aliphatic rings. The van der Waals surface area contributed by atoms with Crippen molar-refractivity contribution in [2.24, 2.45) is 10.7 Å². The molecule has 0 saturated carbocycles. The Balaban J connectivity index is 2.23. The molecule has 0 saturated heterocycles. The number of aliphatic imine (C=N–C) groups is 1. The highest BCUT2D eigenvalue weighted by atomic mass is 16.5. The number of carbonyl (C=O) groups excluding carboxylic acids is 1. The van der Waals surface area contributed by atoms with E-state index in [9.17, 15) is 4.79 Å². The van der Waals surface area contributed by atoms with Gasteiger partial charge in [-0.25, -0.2) is 9.79 Å². The molecule has 0 aliphatic carbocycles. The summed E-state index contributed by atoms with van der Waals surface area (Å²) in [7, 11) is 2.89. The zero-order valence-electron chi connectivity index (χ0n) is 14.2. The second-order valence-electron chi connectivity index (χ2n) is 5.50. The van der Waals surface area contributed by atoms with E-state index in [1.54, 1.807) is 25.3 Å². The smallest absolute Gasteiger partial charge is 0.337 e. The Morgan fingerprint density at radius 1 is 1.17 bits per heavy atom. The number of nitrogens with two attached hydrogens (primary N) is 1. The van der Waals surface area contributed by atoms with Gasteiger partial charge in [-0.05, 0) is 29.7 Å². The zero-order chi connectivity index (χ0) is 17.5. The van der Waals surface area contributed by atoms with E-state index in [0.717, 1.165) is 0 Å². The molecule has 2 aromatic carbocycles. The molecule has 0 fully saturated rings. The summed E-state index contributed by atoms with van der Waals surface area (Å²) < 4.78 is 10.0. The number of ether oxygens (including phenoxy) is 2. The molecule has 0 spiro atoms. The average Bonchev–Trinajstić information content (AvgIpc) is 2.61. The first-order chi connectivity index (χ1) is 11.5. The fraction of sp³-hybridized carbons (Fsp3) is 0.263. The maximum Gasteiger partial charge on any atom is 0.337 e. The minimum Gasteiger partial charge on any atom is -0.494 e. The summed E-state index contributed by atoms with van der Waals surface area (Å²) >= 11 is 0. The van der Waals surface area contributed by atoms with Crippen molar-refractivity contribution in [1.29, 1.82) is 0 Å². The van der Waals surface area contributed by atoms with E-state index in [4.69, 9.17) is 15.2 Å². The Kier molecular flexibility index (Phi) is 5.95. The monoisotopic (exact) mass is 326 g/mol. The van der Waals surface area contributed by atoms with Gasteiger partial charge in [0.25, 0.3) is 0 Å². The summed E-state index contributed by atoms with van der Waals surface area (Å²) in [5, 5.41) is 0. The van der Waals surface area contributed by atoms with Crippen LogP contribution in [0.3, 0.4) is 0 Å². The molecule has 24 heavy (non-hydrogen) atoms. The van der Waals surface area contributed by atoms with Crippen LogP contribution >= 0.6 is 0 Å². The van der Waals surface area contributed by atoms with Crippen molar-refractivity contribution in [3.05, 3.63) is 59.7 Å². The third-order valence-corrected chi connectivity index (χ3v) is 3.75. The molecule has 0 aromatic heterocycles. The van der Waals surface area contributed by atoms with Gasteiger partial charge in [0.2, 0.25) is 0 Å². The summed E-state index contributed by atoms with van der Waals surface area (Å²) in [6.45, 7) is 2.10. The van der Waals surface area contributed by atoms with Crippen LogP contribution < -0.4 is 10.5 Å². The summed E-state index contributed by atoms with van der Waals surface area (Å²) in [4.78, 5) is 16.1. The lowest BCUT2D eigenvalue weighted by atomic mass is 9.97. The lowest BCUT2D eigenvalue weighted by Gasteiger charge is -2.12. The summed E-state index contributed by atoms with van der Waals surface area (Å²) in [5.41, 5.74) is 8.22. The van der Waals surface area contributed by atoms with Gasteiger partial charge in [-0.15, -0.1) is 0 Å². The van der Waals surface area contributed by atoms with Crippen molar-refractivity contribution in [2.45, 2.75) is 19.3 Å². The van der Waals surface area contributed by atoms with Crippen LogP contribution in [0.2, 0.25) is 0 Å². The summed E-state index contributed by atoms with van der Waals surface area (Å²) in [6, 6.07) is 15.0. The number of hydrogen-bond donors (Lipinski definition) is 1. The molecule has 0 amide bonds. The first-order valence-corrected chi connectivity index (χ1v) is 7.69. The van der Waals surface area contributed by atoms with Gasteiger partial charge in [0, 0.05) is 6.42 Å². The number of carbonyl (C=O) groups is 1. The number of amidine groups is 1. The molecule has 2 rings (SSSR count). The van der Waals surface area contributed by atoms with E-state index >= 15 is 0 Å². The molecule has 1 unspecified atom stereocenters. The second kappa shape index (κ2) is 8.15. The van der Waals surface area contributed by atoms with Gasteiger partial charge in [0.15, 0.2) is 0 Å². The minimum atomic E-state index is -0.426. The van der Waals surface area contributed by atoms with Crippen molar-refractivity contribution in [1.82, 2.24) is 0 Å². The van der Waals surface area contributed by atoms with Crippen LogP contribution in [0.15, 0.2) is 53.5 Å². The fourth-order valence-corrected chi connectivity index (χ4v) is 2.44. The van der Waals surface area contributed by atoms with Gasteiger partial charge in [0.05, 0.1) is 19.8 Å². The average molecular weight is 326 g/mol. The van der Waals surface area contributed by atoms with E-state index < -0.39 is 5.97 Å². The third-order valence-electron chi connectivity index (χ3n) is 3.75. The Bertz CT molecular complexity index is 727. The predicted octanol–water partition coefficient (Wildman–Crippen LogP) is 3.66. The van der Waals surface area contributed by atoms with Gasteiger partial charge in [0.1, 0.15) is 17.3 Å². The van der Waals surface area contributed by atoms with E-state index in [-0.39, 0.29) is 5.92 Å². The Morgan fingerprint density at radius 2 is 1.88 bits per heavy atom. The number of methoxy groups -OCH3 is 2. The summed E-state index contributed by atoms with van der Waals surface area (Å²) in [5.74, 6) is 0.847. The maximum absolute atomic E-state index is 11.7. The van der Waals surface area contributed by atoms with Crippen LogP contribution in [-0.2, 0) is 4.74 Å². The van der Waals surface area contributed by atoms with Crippen molar-refractivity contribution >= 4 is 17.5 Å². The van der Waals surface area contributed by atoms with Crippen LogP contribution in [0.25, 0.3) is 0 Å². The van der Waals surface area contributed by atoms with E-state index in [1.807, 2.05) is 18.2 Å². The maximum atomic E-state index is 11.7. The molecule has 2 aromatic rings. The van der Waals surface area contributed by atoms with E-state index in [2.05, 4.69) is 24.0 Å². The molecular weight excluding hydrogens is 304 g/mol. The van der Waals surface area contributed by atoms with Crippen LogP contribution in [-0.4, -0.2) is 26.0 Å². The number of benzene rings is 2.